The topological polar surface area (TPSA) is 57.6 Å². The molecule has 1 N–H and O–H groups in total. The minimum absolute atomic E-state index is 0.00933. The molecule has 5 heteroatoms. The first-order chi connectivity index (χ1) is 7.96. The number of alkyl halides is 1. The number of benzene rings is 1. The van der Waals surface area contributed by atoms with Crippen molar-refractivity contribution in [1.29, 1.82) is 0 Å². The first-order valence-corrected chi connectivity index (χ1v) is 6.32. The number of hydrogen-bond donors (Lipinski definition) is 1. The molecule has 1 unspecified atom stereocenters. The van der Waals surface area contributed by atoms with Crippen molar-refractivity contribution in [3.63, 3.8) is 0 Å². The van der Waals surface area contributed by atoms with Gasteiger partial charge in [-0.25, -0.2) is 0 Å². The van der Waals surface area contributed by atoms with E-state index in [-0.39, 0.29) is 18.4 Å². The predicted octanol–water partition coefficient (Wildman–Crippen LogP) is 1.43. The largest absolute Gasteiger partial charge is 0.387 e. The monoisotopic (exact) mass is 297 g/mol. The fourth-order valence-electron chi connectivity index (χ4n) is 1.77. The second-order valence-electron chi connectivity index (χ2n) is 4.37. The SMILES string of the molecule is CC(O)(CBr)CN1C(=O)c2ccccc2C1=O. The number of fused-ring (bicyclic) bond motifs is 1. The number of carbonyl (C=O) groups excluding carboxylic acids is 2. The summed E-state index contributed by atoms with van der Waals surface area (Å²) in [4.78, 5) is 25.0. The standard InChI is InChI=1S/C12H12BrNO3/c1-12(17,6-13)7-14-10(15)8-4-2-3-5-9(8)11(14)16/h2-5,17H,6-7H2,1H3. The Balaban J connectivity index is 2.31. The lowest BCUT2D eigenvalue weighted by Gasteiger charge is -2.25. The normalized spacial score (nSPS) is 18.2. The van der Waals surface area contributed by atoms with Gasteiger partial charge in [0.05, 0.1) is 23.3 Å². The van der Waals surface area contributed by atoms with Crippen LogP contribution in [0.25, 0.3) is 0 Å². The molecule has 0 spiro atoms. The first kappa shape index (κ1) is 12.3. The third-order valence-electron chi connectivity index (χ3n) is 2.66. The number of halogens is 1. The molecule has 2 rings (SSSR count). The molecule has 17 heavy (non-hydrogen) atoms. The van der Waals surface area contributed by atoms with Crippen LogP contribution < -0.4 is 0 Å². The van der Waals surface area contributed by atoms with Crippen LogP contribution in [0.5, 0.6) is 0 Å². The third-order valence-corrected chi connectivity index (χ3v) is 3.87. The highest BCUT2D eigenvalue weighted by atomic mass is 79.9. The van der Waals surface area contributed by atoms with Crippen LogP contribution in [-0.2, 0) is 0 Å². The van der Waals surface area contributed by atoms with Gasteiger partial charge in [0.25, 0.3) is 11.8 Å². The molecule has 90 valence electrons. The Morgan fingerprint density at radius 3 is 2.12 bits per heavy atom. The molecule has 1 heterocycles. The number of amides is 2. The van der Waals surface area contributed by atoms with E-state index < -0.39 is 5.60 Å². The van der Waals surface area contributed by atoms with Crippen LogP contribution in [0.3, 0.4) is 0 Å². The van der Waals surface area contributed by atoms with Crippen molar-refractivity contribution in [3.05, 3.63) is 35.4 Å². The Hall–Kier alpha value is -1.20. The van der Waals surface area contributed by atoms with Crippen LogP contribution in [0.4, 0.5) is 0 Å². The Morgan fingerprint density at radius 1 is 1.24 bits per heavy atom. The van der Waals surface area contributed by atoms with E-state index in [9.17, 15) is 14.7 Å². The van der Waals surface area contributed by atoms with E-state index in [1.165, 1.54) is 0 Å². The molecule has 1 aliphatic rings. The molecule has 1 aliphatic heterocycles. The summed E-state index contributed by atoms with van der Waals surface area (Å²) in [6.07, 6.45) is 0. The van der Waals surface area contributed by atoms with E-state index in [1.54, 1.807) is 31.2 Å². The lowest BCUT2D eigenvalue weighted by Crippen LogP contribution is -2.44. The highest BCUT2D eigenvalue weighted by Gasteiger charge is 2.38. The van der Waals surface area contributed by atoms with E-state index in [0.717, 1.165) is 4.90 Å². The summed E-state index contributed by atoms with van der Waals surface area (Å²) < 4.78 is 0. The average molecular weight is 298 g/mol. The highest BCUT2D eigenvalue weighted by molar-refractivity contribution is 9.09. The highest BCUT2D eigenvalue weighted by Crippen LogP contribution is 2.24. The lowest BCUT2D eigenvalue weighted by atomic mass is 10.1. The van der Waals surface area contributed by atoms with E-state index in [1.807, 2.05) is 0 Å². The summed E-state index contributed by atoms with van der Waals surface area (Å²) in [7, 11) is 0. The van der Waals surface area contributed by atoms with E-state index >= 15 is 0 Å². The maximum absolute atomic E-state index is 12.0. The molecular formula is C12H12BrNO3. The second-order valence-corrected chi connectivity index (χ2v) is 4.93. The van der Waals surface area contributed by atoms with Gasteiger partial charge >= 0.3 is 0 Å². The fourth-order valence-corrected chi connectivity index (χ4v) is 1.94. The summed E-state index contributed by atoms with van der Waals surface area (Å²) in [6, 6.07) is 6.68. The molecule has 0 radical (unpaired) electrons. The average Bonchev–Trinajstić information content (AvgIpc) is 2.55. The number of rotatable bonds is 3. The summed E-state index contributed by atoms with van der Waals surface area (Å²) in [6.45, 7) is 1.57. The Morgan fingerprint density at radius 2 is 1.71 bits per heavy atom. The van der Waals surface area contributed by atoms with Crippen molar-refractivity contribution in [3.8, 4) is 0 Å². The van der Waals surface area contributed by atoms with Gasteiger partial charge in [0.1, 0.15) is 0 Å². The van der Waals surface area contributed by atoms with Crippen LogP contribution in [0.2, 0.25) is 0 Å². The quantitative estimate of drug-likeness (QED) is 0.678. The maximum Gasteiger partial charge on any atom is 0.261 e. The van der Waals surface area contributed by atoms with Crippen molar-refractivity contribution < 1.29 is 14.7 Å². The number of carbonyl (C=O) groups is 2. The van der Waals surface area contributed by atoms with Gasteiger partial charge in [-0.15, -0.1) is 0 Å². The lowest BCUT2D eigenvalue weighted by molar-refractivity contribution is 0.0325. The Labute approximate surface area is 107 Å². The molecular weight excluding hydrogens is 286 g/mol. The third kappa shape index (κ3) is 2.12. The predicted molar refractivity (Wildman–Crippen MR) is 66.2 cm³/mol. The van der Waals surface area contributed by atoms with Crippen molar-refractivity contribution >= 4 is 27.7 Å². The van der Waals surface area contributed by atoms with Gasteiger partial charge < -0.3 is 5.11 Å². The van der Waals surface area contributed by atoms with E-state index in [0.29, 0.717) is 16.5 Å². The molecule has 2 amide bonds. The van der Waals surface area contributed by atoms with Crippen LogP contribution in [0.1, 0.15) is 27.6 Å². The fraction of sp³-hybridized carbons (Fsp3) is 0.333. The van der Waals surface area contributed by atoms with Crippen LogP contribution in [0.15, 0.2) is 24.3 Å². The second kappa shape index (κ2) is 4.23. The summed E-state index contributed by atoms with van der Waals surface area (Å²) in [5.41, 5.74) is -0.307. The van der Waals surface area contributed by atoms with Gasteiger partial charge in [-0.1, -0.05) is 28.1 Å². The molecule has 1 aromatic carbocycles. The van der Waals surface area contributed by atoms with Crippen LogP contribution in [-0.4, -0.2) is 39.3 Å². The van der Waals surface area contributed by atoms with E-state index in [2.05, 4.69) is 15.9 Å². The minimum atomic E-state index is -1.12. The van der Waals surface area contributed by atoms with Crippen molar-refractivity contribution in [2.24, 2.45) is 0 Å². The van der Waals surface area contributed by atoms with Gasteiger partial charge in [0, 0.05) is 5.33 Å². The number of aliphatic hydroxyl groups is 1. The zero-order chi connectivity index (χ0) is 12.6. The van der Waals surface area contributed by atoms with Gasteiger partial charge in [-0.05, 0) is 19.1 Å². The molecule has 0 aliphatic carbocycles. The van der Waals surface area contributed by atoms with Crippen molar-refractivity contribution in [2.45, 2.75) is 12.5 Å². The number of nitrogens with zero attached hydrogens (tertiary/aromatic N) is 1. The van der Waals surface area contributed by atoms with Gasteiger partial charge in [-0.2, -0.15) is 0 Å². The Kier molecular flexibility index (Phi) is 3.05. The molecule has 4 nitrogen and oxygen atoms in total. The Bertz CT molecular complexity index is 449. The van der Waals surface area contributed by atoms with Crippen LogP contribution >= 0.6 is 15.9 Å². The molecule has 0 saturated heterocycles. The summed E-state index contributed by atoms with van der Waals surface area (Å²) in [5.74, 6) is -0.682. The molecule has 0 saturated carbocycles. The summed E-state index contributed by atoms with van der Waals surface area (Å²) >= 11 is 3.15. The van der Waals surface area contributed by atoms with Crippen LogP contribution in [0, 0.1) is 0 Å². The van der Waals surface area contributed by atoms with Gasteiger partial charge in [-0.3, -0.25) is 14.5 Å². The van der Waals surface area contributed by atoms with Crippen molar-refractivity contribution in [1.82, 2.24) is 4.90 Å². The number of β-amino-alcohol motifs (C(OH)–C–C–N with tert-alkyl or cyclic N) is 1. The van der Waals surface area contributed by atoms with E-state index in [4.69, 9.17) is 0 Å². The number of imide groups is 1. The summed E-state index contributed by atoms with van der Waals surface area (Å²) in [5, 5.41) is 10.2. The zero-order valence-corrected chi connectivity index (χ0v) is 10.9. The zero-order valence-electron chi connectivity index (χ0n) is 9.31. The van der Waals surface area contributed by atoms with Gasteiger partial charge in [0.2, 0.25) is 0 Å². The molecule has 0 fully saturated rings. The smallest absolute Gasteiger partial charge is 0.261 e. The number of hydrogen-bond acceptors (Lipinski definition) is 3. The first-order valence-electron chi connectivity index (χ1n) is 5.20. The molecule has 0 bridgehead atoms. The molecule has 1 aromatic rings. The molecule has 0 aromatic heterocycles. The maximum atomic E-state index is 12.0. The van der Waals surface area contributed by atoms with Gasteiger partial charge in [0.15, 0.2) is 0 Å². The molecule has 1 atom stereocenters. The van der Waals surface area contributed by atoms with Crippen molar-refractivity contribution in [2.75, 3.05) is 11.9 Å². The minimum Gasteiger partial charge on any atom is -0.387 e.